The first-order valence-electron chi connectivity index (χ1n) is 6.15. The molecule has 0 heterocycles. The third-order valence-electron chi connectivity index (χ3n) is 2.79. The lowest BCUT2D eigenvalue weighted by Crippen LogP contribution is -2.34. The van der Waals surface area contributed by atoms with E-state index in [-0.39, 0.29) is 18.4 Å². The molecule has 0 unspecified atom stereocenters. The van der Waals surface area contributed by atoms with Gasteiger partial charge in [0.25, 0.3) is 0 Å². The standard InChI is InChI=1S/C15H14ClFN2O/c16-13-7-3-1-5-11(13)9-18-15(20)19-10-12-6-2-4-8-14(12)17/h1-8H,9-10H2,(H2,18,19,20). The second-order valence-electron chi connectivity index (χ2n) is 4.22. The fourth-order valence-electron chi connectivity index (χ4n) is 1.70. The van der Waals surface area contributed by atoms with E-state index >= 15 is 0 Å². The van der Waals surface area contributed by atoms with E-state index in [1.54, 1.807) is 24.3 Å². The van der Waals surface area contributed by atoms with Gasteiger partial charge in [0.2, 0.25) is 0 Å². The van der Waals surface area contributed by atoms with Gasteiger partial charge in [0.05, 0.1) is 0 Å². The minimum atomic E-state index is -0.367. The van der Waals surface area contributed by atoms with E-state index in [1.165, 1.54) is 6.07 Å². The van der Waals surface area contributed by atoms with Crippen LogP contribution in [-0.2, 0) is 13.1 Å². The highest BCUT2D eigenvalue weighted by Crippen LogP contribution is 2.14. The van der Waals surface area contributed by atoms with Crippen molar-refractivity contribution >= 4 is 17.6 Å². The zero-order chi connectivity index (χ0) is 14.4. The molecule has 104 valence electrons. The zero-order valence-electron chi connectivity index (χ0n) is 10.7. The van der Waals surface area contributed by atoms with Crippen LogP contribution in [0.1, 0.15) is 11.1 Å². The van der Waals surface area contributed by atoms with Gasteiger partial charge in [0.1, 0.15) is 5.82 Å². The number of hydrogen-bond donors (Lipinski definition) is 2. The minimum Gasteiger partial charge on any atom is -0.334 e. The van der Waals surface area contributed by atoms with Crippen molar-refractivity contribution in [3.8, 4) is 0 Å². The molecule has 0 spiro atoms. The van der Waals surface area contributed by atoms with Crippen LogP contribution in [-0.4, -0.2) is 6.03 Å². The van der Waals surface area contributed by atoms with Crippen LogP contribution >= 0.6 is 11.6 Å². The van der Waals surface area contributed by atoms with Gasteiger partial charge in [-0.25, -0.2) is 9.18 Å². The Labute approximate surface area is 121 Å². The number of nitrogens with one attached hydrogen (secondary N) is 2. The first-order valence-corrected chi connectivity index (χ1v) is 6.53. The number of carbonyl (C=O) groups is 1. The third-order valence-corrected chi connectivity index (χ3v) is 3.16. The fraction of sp³-hybridized carbons (Fsp3) is 0.133. The van der Waals surface area contributed by atoms with Crippen LogP contribution in [0.5, 0.6) is 0 Å². The molecule has 0 saturated carbocycles. The Bertz CT molecular complexity index is 552. The summed E-state index contributed by atoms with van der Waals surface area (Å²) in [7, 11) is 0. The number of amides is 2. The van der Waals surface area contributed by atoms with E-state index < -0.39 is 0 Å². The number of urea groups is 1. The second kappa shape index (κ2) is 6.91. The molecule has 2 rings (SSSR count). The molecule has 0 saturated heterocycles. The summed E-state index contributed by atoms with van der Waals surface area (Å²) in [5, 5.41) is 5.87. The van der Waals surface area contributed by atoms with Crippen LogP contribution in [0.4, 0.5) is 9.18 Å². The van der Waals surface area contributed by atoms with Gasteiger partial charge in [-0.15, -0.1) is 0 Å². The summed E-state index contributed by atoms with van der Waals surface area (Å²) in [6.07, 6.45) is 0. The Morgan fingerprint density at radius 1 is 0.950 bits per heavy atom. The molecule has 5 heteroatoms. The quantitative estimate of drug-likeness (QED) is 0.890. The molecule has 0 aliphatic heterocycles. The SMILES string of the molecule is O=C(NCc1ccccc1F)NCc1ccccc1Cl. The van der Waals surface area contributed by atoms with E-state index in [4.69, 9.17) is 11.6 Å². The molecule has 0 atom stereocenters. The Morgan fingerprint density at radius 2 is 1.50 bits per heavy atom. The molecule has 0 radical (unpaired) electrons. The summed E-state index contributed by atoms with van der Waals surface area (Å²) in [5.41, 5.74) is 1.27. The minimum absolute atomic E-state index is 0.140. The molecule has 0 fully saturated rings. The van der Waals surface area contributed by atoms with Gasteiger partial charge in [0, 0.05) is 23.7 Å². The van der Waals surface area contributed by atoms with Crippen molar-refractivity contribution in [2.24, 2.45) is 0 Å². The Balaban J connectivity index is 1.82. The smallest absolute Gasteiger partial charge is 0.315 e. The molecule has 0 aliphatic rings. The van der Waals surface area contributed by atoms with Crippen LogP contribution in [0.2, 0.25) is 5.02 Å². The van der Waals surface area contributed by atoms with Gasteiger partial charge in [0.15, 0.2) is 0 Å². The molecule has 3 nitrogen and oxygen atoms in total. The first-order chi connectivity index (χ1) is 9.66. The van der Waals surface area contributed by atoms with Crippen molar-refractivity contribution in [2.75, 3.05) is 0 Å². The Morgan fingerprint density at radius 3 is 2.15 bits per heavy atom. The van der Waals surface area contributed by atoms with Gasteiger partial charge in [-0.2, -0.15) is 0 Å². The van der Waals surface area contributed by atoms with Crippen molar-refractivity contribution in [2.45, 2.75) is 13.1 Å². The lowest BCUT2D eigenvalue weighted by molar-refractivity contribution is 0.240. The molecular formula is C15H14ClFN2O. The topological polar surface area (TPSA) is 41.1 Å². The van der Waals surface area contributed by atoms with Crippen LogP contribution in [0.25, 0.3) is 0 Å². The maximum atomic E-state index is 13.4. The number of benzene rings is 2. The van der Waals surface area contributed by atoms with Crippen molar-refractivity contribution in [1.29, 1.82) is 0 Å². The van der Waals surface area contributed by atoms with Crippen molar-refractivity contribution in [3.05, 3.63) is 70.5 Å². The maximum absolute atomic E-state index is 13.4. The molecule has 0 aliphatic carbocycles. The summed E-state index contributed by atoms with van der Waals surface area (Å²) >= 11 is 5.98. The predicted octanol–water partition coefficient (Wildman–Crippen LogP) is 3.48. The summed E-state index contributed by atoms with van der Waals surface area (Å²) in [4.78, 5) is 11.6. The van der Waals surface area contributed by atoms with Gasteiger partial charge < -0.3 is 10.6 Å². The van der Waals surface area contributed by atoms with E-state index in [2.05, 4.69) is 10.6 Å². The molecule has 2 N–H and O–H groups in total. The molecule has 2 amide bonds. The fourth-order valence-corrected chi connectivity index (χ4v) is 1.90. The third kappa shape index (κ3) is 3.96. The summed E-state index contributed by atoms with van der Waals surface area (Å²) in [5.74, 6) is -0.334. The van der Waals surface area contributed by atoms with Gasteiger partial charge in [-0.05, 0) is 17.7 Å². The van der Waals surface area contributed by atoms with Crippen molar-refractivity contribution < 1.29 is 9.18 Å². The van der Waals surface area contributed by atoms with Crippen LogP contribution < -0.4 is 10.6 Å². The highest BCUT2D eigenvalue weighted by Gasteiger charge is 2.05. The van der Waals surface area contributed by atoms with Crippen LogP contribution in [0.3, 0.4) is 0 Å². The number of halogens is 2. The van der Waals surface area contributed by atoms with Gasteiger partial charge in [-0.3, -0.25) is 0 Å². The normalized spacial score (nSPS) is 10.1. The van der Waals surface area contributed by atoms with Crippen molar-refractivity contribution in [1.82, 2.24) is 10.6 Å². The van der Waals surface area contributed by atoms with Gasteiger partial charge in [-0.1, -0.05) is 48.0 Å². The Hall–Kier alpha value is -2.07. The van der Waals surface area contributed by atoms with Crippen molar-refractivity contribution in [3.63, 3.8) is 0 Å². The monoisotopic (exact) mass is 292 g/mol. The number of rotatable bonds is 4. The first kappa shape index (κ1) is 14.3. The molecule has 0 aromatic heterocycles. The lowest BCUT2D eigenvalue weighted by atomic mass is 10.2. The average Bonchev–Trinajstić information content (AvgIpc) is 2.45. The highest BCUT2D eigenvalue weighted by molar-refractivity contribution is 6.31. The highest BCUT2D eigenvalue weighted by atomic mass is 35.5. The molecule has 20 heavy (non-hydrogen) atoms. The molecule has 0 bridgehead atoms. The average molecular weight is 293 g/mol. The predicted molar refractivity (Wildman–Crippen MR) is 76.9 cm³/mol. The summed E-state index contributed by atoms with van der Waals surface area (Å²) < 4.78 is 13.4. The molecular weight excluding hydrogens is 279 g/mol. The van der Waals surface area contributed by atoms with Crippen LogP contribution in [0, 0.1) is 5.82 Å². The maximum Gasteiger partial charge on any atom is 0.315 e. The largest absolute Gasteiger partial charge is 0.334 e. The molecule has 2 aromatic carbocycles. The van der Waals surface area contributed by atoms with E-state index in [0.29, 0.717) is 17.1 Å². The van der Waals surface area contributed by atoms with Crippen LogP contribution in [0.15, 0.2) is 48.5 Å². The lowest BCUT2D eigenvalue weighted by Gasteiger charge is -2.09. The van der Waals surface area contributed by atoms with Gasteiger partial charge >= 0.3 is 6.03 Å². The molecule has 2 aromatic rings. The number of hydrogen-bond acceptors (Lipinski definition) is 1. The summed E-state index contributed by atoms with van der Waals surface area (Å²) in [6.45, 7) is 0.462. The zero-order valence-corrected chi connectivity index (χ0v) is 11.5. The summed E-state index contributed by atoms with van der Waals surface area (Å²) in [6, 6.07) is 13.2. The van der Waals surface area contributed by atoms with E-state index in [9.17, 15) is 9.18 Å². The second-order valence-corrected chi connectivity index (χ2v) is 4.63. The van der Waals surface area contributed by atoms with E-state index in [1.807, 2.05) is 18.2 Å². The Kier molecular flexibility index (Phi) is 4.96. The van der Waals surface area contributed by atoms with E-state index in [0.717, 1.165) is 5.56 Å². The number of carbonyl (C=O) groups excluding carboxylic acids is 1.